The third kappa shape index (κ3) is 5.91. The van der Waals surface area contributed by atoms with Crippen LogP contribution in [0.4, 0.5) is 0 Å². The molecule has 1 spiro atoms. The second-order valence-electron chi connectivity index (χ2n) is 23.4. The number of rotatable bonds is 7. The maximum atomic E-state index is 2.87. The van der Waals surface area contributed by atoms with Gasteiger partial charge >= 0.3 is 0 Å². The molecular formula is C50H86. The van der Waals surface area contributed by atoms with Gasteiger partial charge in [0.1, 0.15) is 0 Å². The minimum Gasteiger partial charge on any atom is -0.0651 e. The zero-order chi connectivity index (χ0) is 35.2. The predicted octanol–water partition coefficient (Wildman–Crippen LogP) is 14.9. The van der Waals surface area contributed by atoms with Crippen LogP contribution >= 0.6 is 0 Å². The Labute approximate surface area is 313 Å². The van der Waals surface area contributed by atoms with E-state index in [1.54, 1.807) is 89.9 Å². The van der Waals surface area contributed by atoms with Crippen LogP contribution in [0.2, 0.25) is 0 Å². The number of fused-ring (bicyclic) bond motifs is 12. The molecule has 8 aliphatic carbocycles. The molecule has 286 valence electrons. The Morgan fingerprint density at radius 3 is 1.68 bits per heavy atom. The highest BCUT2D eigenvalue weighted by Crippen LogP contribution is 2.78. The van der Waals surface area contributed by atoms with Gasteiger partial charge in [-0.1, -0.05) is 127 Å². The fourth-order valence-electron chi connectivity index (χ4n) is 19.1. The Bertz CT molecular complexity index is 1130. The lowest BCUT2D eigenvalue weighted by Crippen LogP contribution is -2.48. The molecule has 8 rings (SSSR count). The van der Waals surface area contributed by atoms with E-state index in [9.17, 15) is 0 Å². The molecule has 0 aromatic heterocycles. The van der Waals surface area contributed by atoms with Gasteiger partial charge in [0.2, 0.25) is 0 Å². The Kier molecular flexibility index (Phi) is 10.3. The minimum absolute atomic E-state index is 0.473. The van der Waals surface area contributed by atoms with E-state index in [2.05, 4.69) is 62.3 Å². The largest absolute Gasteiger partial charge is 0.0651 e. The third-order valence-electron chi connectivity index (χ3n) is 20.3. The molecule has 15 unspecified atom stereocenters. The van der Waals surface area contributed by atoms with Crippen LogP contribution in [0.5, 0.6) is 0 Å². The van der Waals surface area contributed by atoms with E-state index < -0.39 is 0 Å². The van der Waals surface area contributed by atoms with E-state index in [4.69, 9.17) is 0 Å². The molecule has 0 amide bonds. The summed E-state index contributed by atoms with van der Waals surface area (Å²) in [6, 6.07) is 0. The molecule has 0 aliphatic heterocycles. The number of hydrogen-bond acceptors (Lipinski definition) is 0. The topological polar surface area (TPSA) is 0 Å². The molecule has 0 bridgehead atoms. The molecule has 0 saturated heterocycles. The lowest BCUT2D eigenvalue weighted by Gasteiger charge is -2.56. The summed E-state index contributed by atoms with van der Waals surface area (Å²) in [4.78, 5) is 0. The Morgan fingerprint density at radius 1 is 0.540 bits per heavy atom. The summed E-state index contributed by atoms with van der Waals surface area (Å²) in [7, 11) is 0. The second kappa shape index (κ2) is 13.9. The van der Waals surface area contributed by atoms with Crippen molar-refractivity contribution in [1.82, 2.24) is 0 Å². The molecule has 0 aromatic rings. The normalized spacial score (nSPS) is 49.6. The smallest absolute Gasteiger partial charge is 0.0230 e. The first-order valence-electron chi connectivity index (χ1n) is 24.0. The van der Waals surface area contributed by atoms with Gasteiger partial charge in [-0.3, -0.25) is 0 Å². The van der Waals surface area contributed by atoms with Gasteiger partial charge < -0.3 is 0 Å². The quantitative estimate of drug-likeness (QED) is 0.250. The monoisotopic (exact) mass is 687 g/mol. The molecule has 0 heteroatoms. The lowest BCUT2D eigenvalue weighted by molar-refractivity contribution is -0.0649. The van der Waals surface area contributed by atoms with Crippen molar-refractivity contribution in [1.29, 1.82) is 0 Å². The maximum absolute atomic E-state index is 2.87. The van der Waals surface area contributed by atoms with Gasteiger partial charge in [0.15, 0.2) is 0 Å². The molecule has 8 aliphatic rings. The molecular weight excluding hydrogens is 601 g/mol. The van der Waals surface area contributed by atoms with Crippen LogP contribution in [0, 0.1) is 117 Å². The van der Waals surface area contributed by atoms with Crippen molar-refractivity contribution in [3.63, 3.8) is 0 Å². The summed E-state index contributed by atoms with van der Waals surface area (Å²) in [5.41, 5.74) is 1.71. The first-order valence-corrected chi connectivity index (χ1v) is 24.0. The van der Waals surface area contributed by atoms with Crippen LogP contribution in [-0.2, 0) is 0 Å². The van der Waals surface area contributed by atoms with Gasteiger partial charge in [-0.15, -0.1) is 0 Å². The highest BCUT2D eigenvalue weighted by molar-refractivity contribution is 5.20. The Balaban J connectivity index is 1.23. The van der Waals surface area contributed by atoms with Crippen molar-refractivity contribution in [3.8, 4) is 0 Å². The van der Waals surface area contributed by atoms with Gasteiger partial charge in [-0.2, -0.15) is 0 Å². The van der Waals surface area contributed by atoms with Crippen molar-refractivity contribution >= 4 is 0 Å². The molecule has 8 fully saturated rings. The second-order valence-corrected chi connectivity index (χ2v) is 23.4. The first kappa shape index (κ1) is 36.9. The van der Waals surface area contributed by atoms with Crippen LogP contribution in [0.25, 0.3) is 0 Å². The fraction of sp³-hybridized carbons (Fsp3) is 1.00. The van der Waals surface area contributed by atoms with Crippen molar-refractivity contribution in [2.45, 2.75) is 197 Å². The molecule has 15 atom stereocenters. The summed E-state index contributed by atoms with van der Waals surface area (Å²) in [6.45, 7) is 23.8. The summed E-state index contributed by atoms with van der Waals surface area (Å²) >= 11 is 0. The fourth-order valence-corrected chi connectivity index (χ4v) is 19.1. The van der Waals surface area contributed by atoms with Crippen LogP contribution in [0.1, 0.15) is 197 Å². The Hall–Kier alpha value is 0. The average Bonchev–Trinajstić information content (AvgIpc) is 3.48. The Morgan fingerprint density at radius 2 is 1.08 bits per heavy atom. The van der Waals surface area contributed by atoms with Gasteiger partial charge in [-0.25, -0.2) is 0 Å². The summed E-state index contributed by atoms with van der Waals surface area (Å²) in [5.74, 6) is 17.7. The molecule has 8 saturated carbocycles. The van der Waals surface area contributed by atoms with E-state index in [1.807, 2.05) is 0 Å². The zero-order valence-electron chi connectivity index (χ0n) is 35.2. The van der Waals surface area contributed by atoms with Gasteiger partial charge in [0, 0.05) is 0 Å². The van der Waals surface area contributed by atoms with Gasteiger partial charge in [-0.05, 0) is 187 Å². The molecule has 0 heterocycles. The summed E-state index contributed by atoms with van der Waals surface area (Å²) in [6.07, 6.45) is 32.8. The molecule has 0 aromatic carbocycles. The van der Waals surface area contributed by atoms with Crippen LogP contribution in [0.3, 0.4) is 0 Å². The van der Waals surface area contributed by atoms with Crippen molar-refractivity contribution < 1.29 is 0 Å². The summed E-state index contributed by atoms with van der Waals surface area (Å²) in [5, 5.41) is 0. The SMILES string of the molecule is CCC(CC)C1CC(C(CC)CC)CC2(C1)C1CC3CCCCC3CC1C1C3C4CC(CC(C)(C)C)C5CCCCC5C4C(C)(C)C3CCC12. The van der Waals surface area contributed by atoms with Gasteiger partial charge in [0.25, 0.3) is 0 Å². The van der Waals surface area contributed by atoms with Crippen molar-refractivity contribution in [2.75, 3.05) is 0 Å². The van der Waals surface area contributed by atoms with E-state index in [0.29, 0.717) is 16.2 Å². The highest BCUT2D eigenvalue weighted by atomic mass is 14.8. The van der Waals surface area contributed by atoms with Crippen LogP contribution < -0.4 is 0 Å². The molecule has 0 nitrogen and oxygen atoms in total. The predicted molar refractivity (Wildman–Crippen MR) is 215 cm³/mol. The van der Waals surface area contributed by atoms with Gasteiger partial charge in [0.05, 0.1) is 0 Å². The van der Waals surface area contributed by atoms with Crippen molar-refractivity contribution in [2.24, 2.45) is 117 Å². The third-order valence-corrected chi connectivity index (χ3v) is 20.3. The lowest BCUT2D eigenvalue weighted by atomic mass is 9.49. The molecule has 0 radical (unpaired) electrons. The zero-order valence-corrected chi connectivity index (χ0v) is 35.2. The number of hydrogen-bond donors (Lipinski definition) is 0. The molecule has 0 N–H and O–H groups in total. The van der Waals surface area contributed by atoms with E-state index in [0.717, 1.165) is 101 Å². The average molecular weight is 687 g/mol. The van der Waals surface area contributed by atoms with E-state index >= 15 is 0 Å². The van der Waals surface area contributed by atoms with Crippen LogP contribution in [-0.4, -0.2) is 0 Å². The first-order chi connectivity index (χ1) is 24.0. The minimum atomic E-state index is 0.473. The molecule has 50 heavy (non-hydrogen) atoms. The highest BCUT2D eigenvalue weighted by Gasteiger charge is 2.72. The standard InChI is InChI=1S/C50H86/c1-10-31(11-2)35-24-36(32(12-3)13-4)30-50(29-35)43-23-22-42-46(45(43)40-25-33-18-14-15-19-34(33)27-44(40)50)41-26-37(28-48(5,6)7)38-20-16-17-21-39(38)47(41)49(42,8)9/h31-47H,10-30H2,1-9H3. The summed E-state index contributed by atoms with van der Waals surface area (Å²) < 4.78 is 0. The maximum Gasteiger partial charge on any atom is -0.0230 e. The van der Waals surface area contributed by atoms with E-state index in [-0.39, 0.29) is 0 Å². The van der Waals surface area contributed by atoms with Crippen LogP contribution in [0.15, 0.2) is 0 Å². The van der Waals surface area contributed by atoms with Crippen molar-refractivity contribution in [3.05, 3.63) is 0 Å². The van der Waals surface area contributed by atoms with E-state index in [1.165, 1.54) is 44.9 Å².